The van der Waals surface area contributed by atoms with Crippen LogP contribution < -0.4 is 0 Å². The lowest BCUT2D eigenvalue weighted by Crippen LogP contribution is -2.39. The zero-order chi connectivity index (χ0) is 12.2. The Morgan fingerprint density at radius 2 is 1.80 bits per heavy atom. The number of hydrogen-bond acceptors (Lipinski definition) is 2. The summed E-state index contributed by atoms with van der Waals surface area (Å²) in [5, 5.41) is 8.95. The minimum atomic E-state index is -0.0929. The number of nitrogens with zero attached hydrogens (tertiary/aromatic N) is 1. The molecule has 1 N–H and O–H groups in total. The van der Waals surface area contributed by atoms with E-state index in [0.29, 0.717) is 12.3 Å². The second-order valence-electron chi connectivity index (χ2n) is 5.51. The summed E-state index contributed by atoms with van der Waals surface area (Å²) in [5.41, 5.74) is 0.152. The van der Waals surface area contributed by atoms with Crippen LogP contribution in [0, 0.1) is 11.3 Å². The Morgan fingerprint density at radius 3 is 2.13 bits per heavy atom. The first-order chi connectivity index (χ1) is 6.70. The lowest BCUT2D eigenvalue weighted by atomic mass is 9.80. The topological polar surface area (TPSA) is 40.5 Å². The molecule has 0 bridgehead atoms. The van der Waals surface area contributed by atoms with E-state index in [1.807, 2.05) is 6.92 Å². The smallest absolute Gasteiger partial charge is 0.222 e. The second kappa shape index (κ2) is 5.50. The molecule has 0 spiro atoms. The van der Waals surface area contributed by atoms with Crippen molar-refractivity contribution in [3.63, 3.8) is 0 Å². The monoisotopic (exact) mass is 215 g/mol. The van der Waals surface area contributed by atoms with Gasteiger partial charge in [0.1, 0.15) is 0 Å². The van der Waals surface area contributed by atoms with Crippen LogP contribution in [0.15, 0.2) is 0 Å². The predicted molar refractivity (Wildman–Crippen MR) is 62.6 cm³/mol. The van der Waals surface area contributed by atoms with Gasteiger partial charge in [0.25, 0.3) is 0 Å². The van der Waals surface area contributed by atoms with Crippen LogP contribution in [0.3, 0.4) is 0 Å². The number of likely N-dealkylation sites (N-methyl/N-ethyl adjacent to an activating group) is 1. The fraction of sp³-hybridized carbons (Fsp3) is 0.917. The van der Waals surface area contributed by atoms with Crippen LogP contribution in [0.1, 0.15) is 41.0 Å². The molecule has 0 radical (unpaired) electrons. The maximum Gasteiger partial charge on any atom is 0.222 e. The molecule has 3 heteroatoms. The largest absolute Gasteiger partial charge is 0.394 e. The first-order valence-electron chi connectivity index (χ1n) is 5.56. The quantitative estimate of drug-likeness (QED) is 0.778. The molecule has 0 aliphatic carbocycles. The fourth-order valence-electron chi connectivity index (χ4n) is 1.08. The van der Waals surface area contributed by atoms with Crippen LogP contribution in [0.2, 0.25) is 0 Å². The molecule has 90 valence electrons. The summed E-state index contributed by atoms with van der Waals surface area (Å²) < 4.78 is 0. The highest BCUT2D eigenvalue weighted by molar-refractivity contribution is 5.76. The first-order valence-corrected chi connectivity index (χ1v) is 5.56. The first kappa shape index (κ1) is 14.4. The molecule has 0 aromatic heterocycles. The Labute approximate surface area is 93.5 Å². The number of carbonyl (C=O) groups excluding carboxylic acids is 1. The SMILES string of the molecule is CC(CO)N(C)C(=O)CC(C)C(C)(C)C. The summed E-state index contributed by atoms with van der Waals surface area (Å²) in [6, 6.07) is -0.0929. The molecule has 0 fully saturated rings. The Kier molecular flexibility index (Phi) is 5.29. The average molecular weight is 215 g/mol. The summed E-state index contributed by atoms with van der Waals surface area (Å²) in [6.07, 6.45) is 0.546. The summed E-state index contributed by atoms with van der Waals surface area (Å²) in [4.78, 5) is 13.4. The summed E-state index contributed by atoms with van der Waals surface area (Å²) in [7, 11) is 1.75. The third kappa shape index (κ3) is 4.65. The van der Waals surface area contributed by atoms with Crippen molar-refractivity contribution in [3.8, 4) is 0 Å². The van der Waals surface area contributed by atoms with Gasteiger partial charge in [-0.15, -0.1) is 0 Å². The van der Waals surface area contributed by atoms with Crippen molar-refractivity contribution >= 4 is 5.91 Å². The number of hydrogen-bond donors (Lipinski definition) is 1. The van der Waals surface area contributed by atoms with Crippen LogP contribution in [0.4, 0.5) is 0 Å². The molecule has 2 unspecified atom stereocenters. The molecule has 3 nitrogen and oxygen atoms in total. The zero-order valence-electron chi connectivity index (χ0n) is 10.9. The Hall–Kier alpha value is -0.570. The van der Waals surface area contributed by atoms with Crippen LogP contribution >= 0.6 is 0 Å². The van der Waals surface area contributed by atoms with E-state index in [-0.39, 0.29) is 24.0 Å². The van der Waals surface area contributed by atoms with Gasteiger partial charge in [-0.25, -0.2) is 0 Å². The number of aliphatic hydroxyl groups is 1. The van der Waals surface area contributed by atoms with Gasteiger partial charge in [-0.05, 0) is 18.3 Å². The zero-order valence-corrected chi connectivity index (χ0v) is 10.9. The third-order valence-corrected chi connectivity index (χ3v) is 3.28. The van der Waals surface area contributed by atoms with Crippen molar-refractivity contribution in [2.75, 3.05) is 13.7 Å². The van der Waals surface area contributed by atoms with Gasteiger partial charge in [-0.2, -0.15) is 0 Å². The lowest BCUT2D eigenvalue weighted by Gasteiger charge is -2.30. The second-order valence-corrected chi connectivity index (χ2v) is 5.51. The van der Waals surface area contributed by atoms with E-state index in [2.05, 4.69) is 27.7 Å². The number of rotatable bonds is 4. The molecule has 15 heavy (non-hydrogen) atoms. The van der Waals surface area contributed by atoms with Crippen molar-refractivity contribution in [1.29, 1.82) is 0 Å². The van der Waals surface area contributed by atoms with Gasteiger partial charge in [0, 0.05) is 13.5 Å². The van der Waals surface area contributed by atoms with Gasteiger partial charge in [-0.1, -0.05) is 27.7 Å². The number of aliphatic hydroxyl groups excluding tert-OH is 1. The van der Waals surface area contributed by atoms with E-state index >= 15 is 0 Å². The van der Waals surface area contributed by atoms with E-state index in [9.17, 15) is 4.79 Å². The number of amides is 1. The predicted octanol–water partition coefficient (Wildman–Crippen LogP) is 1.90. The lowest BCUT2D eigenvalue weighted by molar-refractivity contribution is -0.134. The molecular formula is C12H25NO2. The minimum Gasteiger partial charge on any atom is -0.394 e. The molecule has 0 rings (SSSR count). The molecule has 0 aliphatic rings. The Bertz CT molecular complexity index is 208. The van der Waals surface area contributed by atoms with E-state index < -0.39 is 0 Å². The van der Waals surface area contributed by atoms with Crippen LogP contribution in [-0.4, -0.2) is 35.6 Å². The fourth-order valence-corrected chi connectivity index (χ4v) is 1.08. The van der Waals surface area contributed by atoms with Crippen LogP contribution in [-0.2, 0) is 4.79 Å². The van der Waals surface area contributed by atoms with Crippen molar-refractivity contribution in [2.45, 2.75) is 47.1 Å². The highest BCUT2D eigenvalue weighted by atomic mass is 16.3. The minimum absolute atomic E-state index is 0.0200. The number of carbonyl (C=O) groups is 1. The molecule has 0 aliphatic heterocycles. The maximum absolute atomic E-state index is 11.8. The van der Waals surface area contributed by atoms with Crippen molar-refractivity contribution in [1.82, 2.24) is 4.90 Å². The van der Waals surface area contributed by atoms with Gasteiger partial charge in [0.15, 0.2) is 0 Å². The summed E-state index contributed by atoms with van der Waals surface area (Å²) in [6.45, 7) is 10.4. The van der Waals surface area contributed by atoms with E-state index in [1.54, 1.807) is 11.9 Å². The van der Waals surface area contributed by atoms with Crippen molar-refractivity contribution in [3.05, 3.63) is 0 Å². The van der Waals surface area contributed by atoms with E-state index in [4.69, 9.17) is 5.11 Å². The molecule has 0 aromatic carbocycles. The average Bonchev–Trinajstić information content (AvgIpc) is 2.13. The Balaban J connectivity index is 4.25. The Morgan fingerprint density at radius 1 is 1.33 bits per heavy atom. The van der Waals surface area contributed by atoms with Gasteiger partial charge < -0.3 is 10.0 Å². The van der Waals surface area contributed by atoms with Gasteiger partial charge in [-0.3, -0.25) is 4.79 Å². The summed E-state index contributed by atoms with van der Waals surface area (Å²) >= 11 is 0. The van der Waals surface area contributed by atoms with Crippen molar-refractivity contribution in [2.24, 2.45) is 11.3 Å². The molecule has 0 saturated carbocycles. The van der Waals surface area contributed by atoms with Gasteiger partial charge in [0.05, 0.1) is 12.6 Å². The summed E-state index contributed by atoms with van der Waals surface area (Å²) in [5.74, 6) is 0.456. The van der Waals surface area contributed by atoms with E-state index in [1.165, 1.54) is 0 Å². The maximum atomic E-state index is 11.8. The standard InChI is InChI=1S/C12H25NO2/c1-9(12(3,4)5)7-11(15)13(6)10(2)8-14/h9-10,14H,7-8H2,1-6H3. The highest BCUT2D eigenvalue weighted by Crippen LogP contribution is 2.28. The normalized spacial score (nSPS) is 15.9. The van der Waals surface area contributed by atoms with E-state index in [0.717, 1.165) is 0 Å². The third-order valence-electron chi connectivity index (χ3n) is 3.28. The molecule has 0 heterocycles. The molecular weight excluding hydrogens is 190 g/mol. The van der Waals surface area contributed by atoms with Gasteiger partial charge in [0.2, 0.25) is 5.91 Å². The molecule has 0 saturated heterocycles. The van der Waals surface area contributed by atoms with Crippen molar-refractivity contribution < 1.29 is 9.90 Å². The molecule has 2 atom stereocenters. The van der Waals surface area contributed by atoms with Gasteiger partial charge >= 0.3 is 0 Å². The highest BCUT2D eigenvalue weighted by Gasteiger charge is 2.25. The van der Waals surface area contributed by atoms with Crippen LogP contribution in [0.25, 0.3) is 0 Å². The molecule has 0 aromatic rings. The van der Waals surface area contributed by atoms with Crippen LogP contribution in [0.5, 0.6) is 0 Å². The molecule has 1 amide bonds.